The highest BCUT2D eigenvalue weighted by molar-refractivity contribution is 7.18. The van der Waals surface area contributed by atoms with Gasteiger partial charge in [0.25, 0.3) is 0 Å². The minimum Gasteiger partial charge on any atom is -0.490 e. The van der Waals surface area contributed by atoms with E-state index in [1.165, 1.54) is 12.5 Å². The summed E-state index contributed by atoms with van der Waals surface area (Å²) in [5.41, 5.74) is 4.04. The molecule has 1 aliphatic rings. The second kappa shape index (κ2) is 15.1. The van der Waals surface area contributed by atoms with Crippen molar-refractivity contribution in [1.82, 2.24) is 30.3 Å². The summed E-state index contributed by atoms with van der Waals surface area (Å²) in [5.74, 6) is -2.86. The maximum Gasteiger partial charge on any atom is 0.243 e. The number of aromatic nitrogens is 3. The fraction of sp³-hybridized carbons (Fsp3) is 0.297. The van der Waals surface area contributed by atoms with Gasteiger partial charge in [0.15, 0.2) is 0 Å². The molecule has 0 saturated heterocycles. The van der Waals surface area contributed by atoms with E-state index < -0.39 is 29.4 Å². The number of hydrogen-bond acceptors (Lipinski definition) is 8. The number of benzene rings is 2. The van der Waals surface area contributed by atoms with E-state index in [0.29, 0.717) is 28.2 Å². The zero-order valence-electron chi connectivity index (χ0n) is 28.6. The lowest BCUT2D eigenvalue weighted by Crippen LogP contribution is -2.39. The Morgan fingerprint density at radius 3 is 2.65 bits per heavy atom. The SMILES string of the molecule is C=CC(=O)N[C@H](C)c1cc(-c2nc(-c3ccc4c(c3)CN(CC(=O)N(C)C)CC4)c3c(F)csc3c2-c2c(F)cc(F)cc2OCCOC)n[nH]1. The van der Waals surface area contributed by atoms with Crippen LogP contribution in [0.1, 0.15) is 29.8 Å². The van der Waals surface area contributed by atoms with E-state index in [1.807, 2.05) is 18.2 Å². The van der Waals surface area contributed by atoms with Crippen LogP contribution in [0, 0.1) is 17.5 Å². The molecule has 2 amide bonds. The van der Waals surface area contributed by atoms with Crippen molar-refractivity contribution in [2.75, 3.05) is 47.5 Å². The zero-order valence-corrected chi connectivity index (χ0v) is 29.4. The van der Waals surface area contributed by atoms with Crippen molar-refractivity contribution in [1.29, 1.82) is 0 Å². The van der Waals surface area contributed by atoms with Gasteiger partial charge < -0.3 is 19.7 Å². The van der Waals surface area contributed by atoms with Gasteiger partial charge in [-0.05, 0) is 42.7 Å². The van der Waals surface area contributed by atoms with Crippen LogP contribution in [-0.2, 0) is 27.3 Å². The molecule has 2 N–H and O–H groups in total. The number of likely N-dealkylation sites (N-methyl/N-ethyl adjacent to an activating group) is 1. The first-order chi connectivity index (χ1) is 24.5. The number of aromatic amines is 1. The van der Waals surface area contributed by atoms with Crippen LogP contribution in [0.3, 0.4) is 0 Å². The topological polar surface area (TPSA) is 113 Å². The number of halogens is 3. The number of methoxy groups -OCH3 is 1. The number of nitrogens with one attached hydrogen (secondary N) is 2. The van der Waals surface area contributed by atoms with Gasteiger partial charge >= 0.3 is 0 Å². The molecule has 0 saturated carbocycles. The number of rotatable bonds is 12. The Labute approximate surface area is 296 Å². The molecule has 2 aromatic carbocycles. The molecule has 0 radical (unpaired) electrons. The number of carbonyl (C=O) groups excluding carboxylic acids is 2. The van der Waals surface area contributed by atoms with E-state index in [-0.39, 0.29) is 59.3 Å². The smallest absolute Gasteiger partial charge is 0.243 e. The summed E-state index contributed by atoms with van der Waals surface area (Å²) >= 11 is 1.05. The van der Waals surface area contributed by atoms with Crippen molar-refractivity contribution in [3.8, 4) is 39.5 Å². The fourth-order valence-corrected chi connectivity index (χ4v) is 7.07. The second-order valence-electron chi connectivity index (χ2n) is 12.4. The number of H-pyrrole nitrogens is 1. The van der Waals surface area contributed by atoms with Gasteiger partial charge in [0.2, 0.25) is 11.8 Å². The van der Waals surface area contributed by atoms with Gasteiger partial charge in [0.1, 0.15) is 41.2 Å². The standard InChI is InChI=1S/C37H37F3N6O4S/c1-6-30(47)41-20(2)27-16-28(44-43-27)36-34(32-25(39)14-24(38)15-29(32)50-12-11-49-5)37-33(26(40)19-51-37)35(42-36)22-8-7-21-9-10-46(17-23(21)13-22)18-31(48)45(3)4/h6-8,13-16,19-20H,1,9-12,17-18H2,2-5H3,(H,41,47)(H,43,44)/t20-/m1/s1. The molecule has 1 aliphatic heterocycles. The number of pyridine rings is 1. The van der Waals surface area contributed by atoms with Crippen LogP contribution in [0.2, 0.25) is 0 Å². The summed E-state index contributed by atoms with van der Waals surface area (Å²) in [6.07, 6.45) is 1.89. The predicted octanol–water partition coefficient (Wildman–Crippen LogP) is 6.27. The third-order valence-corrected chi connectivity index (χ3v) is 9.73. The number of thiophene rings is 1. The monoisotopic (exact) mass is 718 g/mol. The molecule has 0 bridgehead atoms. The van der Waals surface area contributed by atoms with Crippen LogP contribution in [0.25, 0.3) is 43.9 Å². The first-order valence-corrected chi connectivity index (χ1v) is 17.1. The molecule has 0 spiro atoms. The summed E-state index contributed by atoms with van der Waals surface area (Å²) in [4.78, 5) is 33.2. The van der Waals surface area contributed by atoms with E-state index in [1.54, 1.807) is 32.0 Å². The fourth-order valence-electron chi connectivity index (χ4n) is 6.10. The van der Waals surface area contributed by atoms with Crippen LogP contribution < -0.4 is 10.1 Å². The van der Waals surface area contributed by atoms with Crippen LogP contribution in [-0.4, -0.2) is 84.3 Å². The van der Waals surface area contributed by atoms with Crippen molar-refractivity contribution in [3.63, 3.8) is 0 Å². The highest BCUT2D eigenvalue weighted by atomic mass is 32.1. The van der Waals surface area contributed by atoms with E-state index in [0.717, 1.165) is 53.6 Å². The van der Waals surface area contributed by atoms with E-state index in [2.05, 4.69) is 27.0 Å². The Hall–Kier alpha value is -5.05. The lowest BCUT2D eigenvalue weighted by Gasteiger charge is -2.29. The number of hydrogen-bond donors (Lipinski definition) is 2. The third-order valence-electron chi connectivity index (χ3n) is 8.76. The zero-order chi connectivity index (χ0) is 36.4. The Kier molecular flexibility index (Phi) is 10.6. The quantitative estimate of drug-likeness (QED) is 0.116. The largest absolute Gasteiger partial charge is 0.490 e. The lowest BCUT2D eigenvalue weighted by atomic mass is 9.93. The van der Waals surface area contributed by atoms with Crippen LogP contribution in [0.5, 0.6) is 5.75 Å². The Balaban J connectivity index is 1.56. The van der Waals surface area contributed by atoms with Crippen LogP contribution in [0.4, 0.5) is 13.2 Å². The molecule has 14 heteroatoms. The molecule has 3 aromatic heterocycles. The Bertz CT molecular complexity index is 2130. The van der Waals surface area contributed by atoms with Gasteiger partial charge in [-0.2, -0.15) is 5.10 Å². The average molecular weight is 719 g/mol. The van der Waals surface area contributed by atoms with Crippen molar-refractivity contribution >= 4 is 33.2 Å². The van der Waals surface area contributed by atoms with Crippen molar-refractivity contribution in [2.24, 2.45) is 0 Å². The molecule has 5 aromatic rings. The minimum absolute atomic E-state index is 0.00542. The molecule has 0 fully saturated rings. The first kappa shape index (κ1) is 35.8. The average Bonchev–Trinajstić information content (AvgIpc) is 3.75. The van der Waals surface area contributed by atoms with Gasteiger partial charge in [-0.3, -0.25) is 19.6 Å². The minimum atomic E-state index is -0.933. The number of carbonyl (C=O) groups is 2. The number of ether oxygens (including phenoxy) is 2. The summed E-state index contributed by atoms with van der Waals surface area (Å²) < 4.78 is 58.0. The molecule has 0 unspecified atom stereocenters. The van der Waals surface area contributed by atoms with Crippen molar-refractivity contribution in [3.05, 3.63) is 88.7 Å². The normalized spacial score (nSPS) is 13.5. The lowest BCUT2D eigenvalue weighted by molar-refractivity contribution is -0.130. The maximum atomic E-state index is 16.1. The number of fused-ring (bicyclic) bond motifs is 2. The molecule has 1 atom stereocenters. The highest BCUT2D eigenvalue weighted by Gasteiger charge is 2.29. The van der Waals surface area contributed by atoms with Crippen molar-refractivity contribution < 1.29 is 32.2 Å². The van der Waals surface area contributed by atoms with E-state index in [9.17, 15) is 14.0 Å². The summed E-state index contributed by atoms with van der Waals surface area (Å²) in [6, 6.07) is 8.78. The Morgan fingerprint density at radius 2 is 1.90 bits per heavy atom. The summed E-state index contributed by atoms with van der Waals surface area (Å²) in [7, 11) is 4.92. The Morgan fingerprint density at radius 1 is 1.10 bits per heavy atom. The molecule has 0 aliphatic carbocycles. The molecule has 266 valence electrons. The molecular weight excluding hydrogens is 682 g/mol. The van der Waals surface area contributed by atoms with E-state index >= 15 is 8.78 Å². The number of amides is 2. The van der Waals surface area contributed by atoms with Gasteiger partial charge in [0.05, 0.1) is 41.5 Å². The third kappa shape index (κ3) is 7.39. The van der Waals surface area contributed by atoms with Gasteiger partial charge in [-0.15, -0.1) is 11.3 Å². The highest BCUT2D eigenvalue weighted by Crippen LogP contribution is 2.48. The predicted molar refractivity (Wildman–Crippen MR) is 190 cm³/mol. The molecule has 6 rings (SSSR count). The molecule has 4 heterocycles. The summed E-state index contributed by atoms with van der Waals surface area (Å²) in [6.45, 7) is 6.90. The second-order valence-corrected chi connectivity index (χ2v) is 13.3. The summed E-state index contributed by atoms with van der Waals surface area (Å²) in [5, 5.41) is 11.7. The molecule has 51 heavy (non-hydrogen) atoms. The maximum absolute atomic E-state index is 16.1. The van der Waals surface area contributed by atoms with E-state index in [4.69, 9.17) is 14.5 Å². The van der Waals surface area contributed by atoms with Gasteiger partial charge in [-0.25, -0.2) is 18.2 Å². The molecular formula is C37H37F3N6O4S. The van der Waals surface area contributed by atoms with Crippen molar-refractivity contribution in [2.45, 2.75) is 25.9 Å². The van der Waals surface area contributed by atoms with Crippen LogP contribution >= 0.6 is 11.3 Å². The van der Waals surface area contributed by atoms with Gasteiger partial charge in [0, 0.05) is 67.6 Å². The van der Waals surface area contributed by atoms with Crippen LogP contribution in [0.15, 0.2) is 54.4 Å². The molecule has 10 nitrogen and oxygen atoms in total. The van der Waals surface area contributed by atoms with Gasteiger partial charge in [-0.1, -0.05) is 18.7 Å². The first-order valence-electron chi connectivity index (χ1n) is 16.2. The number of nitrogens with zero attached hydrogens (tertiary/aromatic N) is 4.